The largest absolute Gasteiger partial charge is 0.368 e. The third-order valence-electron chi connectivity index (χ3n) is 5.03. The van der Waals surface area contributed by atoms with Gasteiger partial charge in [0.05, 0.1) is 0 Å². The lowest BCUT2D eigenvalue weighted by molar-refractivity contribution is 0.624. The lowest BCUT2D eigenvalue weighted by atomic mass is 10.2. The molecule has 0 spiro atoms. The van der Waals surface area contributed by atoms with E-state index in [2.05, 4.69) is 26.7 Å². The smallest absolute Gasteiger partial charge is 0.180 e. The third kappa shape index (κ3) is 3.60. The van der Waals surface area contributed by atoms with E-state index in [9.17, 15) is 4.39 Å². The maximum Gasteiger partial charge on any atom is 0.180 e. The average molecular weight is 363 g/mol. The van der Waals surface area contributed by atoms with Gasteiger partial charge in [-0.05, 0) is 50.2 Å². The van der Waals surface area contributed by atoms with Crippen LogP contribution < -0.4 is 9.80 Å². The molecule has 0 saturated carbocycles. The van der Waals surface area contributed by atoms with Crippen LogP contribution >= 0.6 is 0 Å². The summed E-state index contributed by atoms with van der Waals surface area (Å²) < 4.78 is 13.2. The Morgan fingerprint density at radius 2 is 1.56 bits per heavy atom. The standard InChI is InChI=1S/C21H22FN5/c1-15-16(2)24-20(19-5-3-4-10-23-19)25-21(15)27-13-11-26(12-14-27)18-8-6-17(22)7-9-18/h3-10H,11-14H2,1-2H3. The first-order chi connectivity index (χ1) is 13.1. The van der Waals surface area contributed by atoms with Crippen LogP contribution in [-0.2, 0) is 0 Å². The summed E-state index contributed by atoms with van der Waals surface area (Å²) in [7, 11) is 0. The fourth-order valence-electron chi connectivity index (χ4n) is 3.36. The van der Waals surface area contributed by atoms with Gasteiger partial charge in [-0.25, -0.2) is 14.4 Å². The molecule has 1 aromatic carbocycles. The van der Waals surface area contributed by atoms with Crippen LogP contribution in [-0.4, -0.2) is 41.1 Å². The predicted molar refractivity (Wildman–Crippen MR) is 106 cm³/mol. The minimum absolute atomic E-state index is 0.202. The van der Waals surface area contributed by atoms with Crippen molar-refractivity contribution in [3.63, 3.8) is 0 Å². The summed E-state index contributed by atoms with van der Waals surface area (Å²) in [6, 6.07) is 12.5. The Balaban J connectivity index is 1.56. The van der Waals surface area contributed by atoms with Gasteiger partial charge in [0, 0.05) is 49.3 Å². The fourth-order valence-corrected chi connectivity index (χ4v) is 3.36. The lowest BCUT2D eigenvalue weighted by Gasteiger charge is -2.37. The highest BCUT2D eigenvalue weighted by Crippen LogP contribution is 2.25. The first-order valence-corrected chi connectivity index (χ1v) is 9.14. The maximum absolute atomic E-state index is 13.2. The summed E-state index contributed by atoms with van der Waals surface area (Å²) in [6.07, 6.45) is 1.76. The van der Waals surface area contributed by atoms with Crippen molar-refractivity contribution in [3.05, 3.63) is 65.7 Å². The van der Waals surface area contributed by atoms with E-state index in [-0.39, 0.29) is 5.82 Å². The summed E-state index contributed by atoms with van der Waals surface area (Å²) in [5, 5.41) is 0. The van der Waals surface area contributed by atoms with E-state index in [1.54, 1.807) is 6.20 Å². The molecular formula is C21H22FN5. The summed E-state index contributed by atoms with van der Waals surface area (Å²) in [6.45, 7) is 7.54. The molecule has 1 fully saturated rings. The van der Waals surface area contributed by atoms with Crippen LogP contribution in [0.2, 0.25) is 0 Å². The van der Waals surface area contributed by atoms with Crippen LogP contribution in [0.4, 0.5) is 15.9 Å². The van der Waals surface area contributed by atoms with Crippen molar-refractivity contribution in [2.75, 3.05) is 36.0 Å². The van der Waals surface area contributed by atoms with Crippen molar-refractivity contribution < 1.29 is 4.39 Å². The molecule has 0 atom stereocenters. The van der Waals surface area contributed by atoms with Gasteiger partial charge >= 0.3 is 0 Å². The first kappa shape index (κ1) is 17.4. The number of hydrogen-bond donors (Lipinski definition) is 0. The Hall–Kier alpha value is -3.02. The second kappa shape index (κ2) is 7.31. The van der Waals surface area contributed by atoms with E-state index < -0.39 is 0 Å². The minimum Gasteiger partial charge on any atom is -0.368 e. The van der Waals surface area contributed by atoms with Gasteiger partial charge in [-0.15, -0.1) is 0 Å². The molecule has 1 aliphatic heterocycles. The van der Waals surface area contributed by atoms with Gasteiger partial charge in [0.25, 0.3) is 0 Å². The van der Waals surface area contributed by atoms with Crippen LogP contribution in [0, 0.1) is 19.7 Å². The summed E-state index contributed by atoms with van der Waals surface area (Å²) >= 11 is 0. The monoisotopic (exact) mass is 363 g/mol. The van der Waals surface area contributed by atoms with Crippen molar-refractivity contribution >= 4 is 11.5 Å². The highest BCUT2D eigenvalue weighted by atomic mass is 19.1. The number of rotatable bonds is 3. The van der Waals surface area contributed by atoms with E-state index >= 15 is 0 Å². The number of benzene rings is 1. The Labute approximate surface area is 158 Å². The predicted octanol–water partition coefficient (Wildman–Crippen LogP) is 3.62. The highest BCUT2D eigenvalue weighted by molar-refractivity contribution is 5.58. The quantitative estimate of drug-likeness (QED) is 0.711. The molecule has 6 heteroatoms. The summed E-state index contributed by atoms with van der Waals surface area (Å²) in [5.41, 5.74) is 3.92. The molecular weight excluding hydrogens is 341 g/mol. The normalized spacial score (nSPS) is 14.5. The number of nitrogens with zero attached hydrogens (tertiary/aromatic N) is 5. The Morgan fingerprint density at radius 3 is 2.22 bits per heavy atom. The first-order valence-electron chi connectivity index (χ1n) is 9.14. The van der Waals surface area contributed by atoms with Gasteiger partial charge in [0.15, 0.2) is 5.82 Å². The van der Waals surface area contributed by atoms with Crippen LogP contribution in [0.1, 0.15) is 11.3 Å². The van der Waals surface area contributed by atoms with Crippen LogP contribution in [0.25, 0.3) is 11.5 Å². The molecule has 1 saturated heterocycles. The number of aromatic nitrogens is 3. The molecule has 4 rings (SSSR count). The fraction of sp³-hybridized carbons (Fsp3) is 0.286. The Morgan fingerprint density at radius 1 is 0.852 bits per heavy atom. The molecule has 3 heterocycles. The van der Waals surface area contributed by atoms with Gasteiger partial charge in [-0.1, -0.05) is 6.07 Å². The van der Waals surface area contributed by atoms with Gasteiger partial charge in [-0.2, -0.15) is 0 Å². The molecule has 2 aromatic heterocycles. The summed E-state index contributed by atoms with van der Waals surface area (Å²) in [4.78, 5) is 18.4. The number of hydrogen-bond acceptors (Lipinski definition) is 5. The lowest BCUT2D eigenvalue weighted by Crippen LogP contribution is -2.47. The van der Waals surface area contributed by atoms with E-state index in [1.165, 1.54) is 12.1 Å². The van der Waals surface area contributed by atoms with Crippen LogP contribution in [0.5, 0.6) is 0 Å². The molecule has 0 N–H and O–H groups in total. The molecule has 27 heavy (non-hydrogen) atoms. The summed E-state index contributed by atoms with van der Waals surface area (Å²) in [5.74, 6) is 1.43. The van der Waals surface area contributed by atoms with E-state index in [0.717, 1.165) is 54.6 Å². The zero-order chi connectivity index (χ0) is 18.8. The molecule has 0 unspecified atom stereocenters. The molecule has 138 valence electrons. The van der Waals surface area contributed by atoms with Gasteiger partial charge < -0.3 is 9.80 Å². The molecule has 5 nitrogen and oxygen atoms in total. The molecule has 0 radical (unpaired) electrons. The van der Waals surface area contributed by atoms with Crippen molar-refractivity contribution in [1.82, 2.24) is 15.0 Å². The van der Waals surface area contributed by atoms with Crippen molar-refractivity contribution in [1.29, 1.82) is 0 Å². The van der Waals surface area contributed by atoms with Gasteiger partial charge in [0.2, 0.25) is 0 Å². The topological polar surface area (TPSA) is 45.2 Å². The zero-order valence-electron chi connectivity index (χ0n) is 15.6. The molecule has 0 amide bonds. The molecule has 1 aliphatic rings. The average Bonchev–Trinajstić information content (AvgIpc) is 2.71. The molecule has 0 bridgehead atoms. The van der Waals surface area contributed by atoms with Crippen molar-refractivity contribution in [2.24, 2.45) is 0 Å². The second-order valence-electron chi connectivity index (χ2n) is 6.75. The molecule has 3 aromatic rings. The zero-order valence-corrected chi connectivity index (χ0v) is 15.6. The van der Waals surface area contributed by atoms with Crippen molar-refractivity contribution in [2.45, 2.75) is 13.8 Å². The van der Waals surface area contributed by atoms with Crippen LogP contribution in [0.15, 0.2) is 48.7 Å². The van der Waals surface area contributed by atoms with Gasteiger partial charge in [-0.3, -0.25) is 4.98 Å². The minimum atomic E-state index is -0.202. The van der Waals surface area contributed by atoms with E-state index in [1.807, 2.05) is 37.3 Å². The number of piperazine rings is 1. The van der Waals surface area contributed by atoms with E-state index in [4.69, 9.17) is 4.98 Å². The molecule has 0 aliphatic carbocycles. The SMILES string of the molecule is Cc1nc(-c2ccccn2)nc(N2CCN(c3ccc(F)cc3)CC2)c1C. The number of aryl methyl sites for hydroxylation is 1. The number of anilines is 2. The third-order valence-corrected chi connectivity index (χ3v) is 5.03. The number of halogens is 1. The maximum atomic E-state index is 13.2. The Bertz CT molecular complexity index is 919. The van der Waals surface area contributed by atoms with E-state index in [0.29, 0.717) is 5.82 Å². The highest BCUT2D eigenvalue weighted by Gasteiger charge is 2.22. The number of pyridine rings is 1. The van der Waals surface area contributed by atoms with Crippen LogP contribution in [0.3, 0.4) is 0 Å². The van der Waals surface area contributed by atoms with Crippen molar-refractivity contribution in [3.8, 4) is 11.5 Å². The van der Waals surface area contributed by atoms with Gasteiger partial charge in [0.1, 0.15) is 17.3 Å². The Kier molecular flexibility index (Phi) is 4.71. The second-order valence-corrected chi connectivity index (χ2v) is 6.75.